The maximum Gasteiger partial charge on any atom is 0.228 e. The van der Waals surface area contributed by atoms with Crippen LogP contribution in [0.3, 0.4) is 0 Å². The summed E-state index contributed by atoms with van der Waals surface area (Å²) in [4.78, 5) is 15.4. The molecule has 0 fully saturated rings. The van der Waals surface area contributed by atoms with Gasteiger partial charge in [-0.1, -0.05) is 18.2 Å². The van der Waals surface area contributed by atoms with E-state index in [0.717, 1.165) is 17.2 Å². The Morgan fingerprint density at radius 3 is 2.90 bits per heavy atom. The fourth-order valence-electron chi connectivity index (χ4n) is 2.13. The van der Waals surface area contributed by atoms with Gasteiger partial charge in [-0.2, -0.15) is 5.10 Å². The van der Waals surface area contributed by atoms with E-state index in [1.165, 1.54) is 0 Å². The Bertz CT molecular complexity index is 793. The standard InChI is InChI=1S/C15H13N3O2/c1-10-13(9-19)15(18(2)17-10)20-12-7-11-5-3-4-6-14(11)16-8-12/h3-9H,1-2H3. The van der Waals surface area contributed by atoms with E-state index in [2.05, 4.69) is 10.1 Å². The fraction of sp³-hybridized carbons (Fsp3) is 0.133. The average Bonchev–Trinajstić information content (AvgIpc) is 2.72. The number of carbonyl (C=O) groups is 1. The number of pyridine rings is 1. The fourth-order valence-corrected chi connectivity index (χ4v) is 2.13. The van der Waals surface area contributed by atoms with Gasteiger partial charge in [-0.15, -0.1) is 0 Å². The number of nitrogens with zero attached hydrogens (tertiary/aromatic N) is 3. The van der Waals surface area contributed by atoms with E-state index in [-0.39, 0.29) is 0 Å². The van der Waals surface area contributed by atoms with E-state index in [1.54, 1.807) is 24.9 Å². The van der Waals surface area contributed by atoms with Gasteiger partial charge in [0.25, 0.3) is 0 Å². The number of hydrogen-bond acceptors (Lipinski definition) is 4. The zero-order valence-electron chi connectivity index (χ0n) is 11.2. The van der Waals surface area contributed by atoms with Gasteiger partial charge in [0, 0.05) is 12.4 Å². The highest BCUT2D eigenvalue weighted by Crippen LogP contribution is 2.27. The first-order valence-electron chi connectivity index (χ1n) is 6.20. The van der Waals surface area contributed by atoms with Gasteiger partial charge in [-0.25, -0.2) is 4.68 Å². The number of aldehydes is 1. The molecular weight excluding hydrogens is 254 g/mol. The van der Waals surface area contributed by atoms with Crippen molar-refractivity contribution in [2.24, 2.45) is 7.05 Å². The van der Waals surface area contributed by atoms with Crippen LogP contribution in [0.1, 0.15) is 16.1 Å². The molecule has 100 valence electrons. The molecule has 0 N–H and O–H groups in total. The van der Waals surface area contributed by atoms with Crippen LogP contribution in [0, 0.1) is 6.92 Å². The number of para-hydroxylation sites is 1. The van der Waals surface area contributed by atoms with Crippen molar-refractivity contribution in [2.45, 2.75) is 6.92 Å². The van der Waals surface area contributed by atoms with E-state index < -0.39 is 0 Å². The molecule has 3 rings (SSSR count). The molecule has 0 saturated carbocycles. The molecule has 2 aromatic heterocycles. The summed E-state index contributed by atoms with van der Waals surface area (Å²) < 4.78 is 7.32. The summed E-state index contributed by atoms with van der Waals surface area (Å²) >= 11 is 0. The van der Waals surface area contributed by atoms with Crippen LogP contribution in [0.15, 0.2) is 36.5 Å². The Morgan fingerprint density at radius 1 is 1.30 bits per heavy atom. The second-order valence-corrected chi connectivity index (χ2v) is 4.51. The molecule has 0 atom stereocenters. The van der Waals surface area contributed by atoms with Gasteiger partial charge in [-0.3, -0.25) is 9.78 Å². The lowest BCUT2D eigenvalue weighted by molar-refractivity contribution is 0.112. The molecule has 3 aromatic rings. The van der Waals surface area contributed by atoms with Crippen LogP contribution in [0.5, 0.6) is 11.6 Å². The van der Waals surface area contributed by atoms with Crippen LogP contribution in [-0.2, 0) is 7.05 Å². The number of fused-ring (bicyclic) bond motifs is 1. The van der Waals surface area contributed by atoms with E-state index in [0.29, 0.717) is 22.9 Å². The minimum Gasteiger partial charge on any atom is -0.437 e. The van der Waals surface area contributed by atoms with Crippen molar-refractivity contribution in [1.29, 1.82) is 0 Å². The predicted octanol–water partition coefficient (Wildman–Crippen LogP) is 2.88. The first-order valence-corrected chi connectivity index (χ1v) is 6.20. The molecule has 0 unspecified atom stereocenters. The Hall–Kier alpha value is -2.69. The summed E-state index contributed by atoms with van der Waals surface area (Å²) in [6.07, 6.45) is 2.39. The maximum absolute atomic E-state index is 11.1. The molecule has 0 aliphatic heterocycles. The van der Waals surface area contributed by atoms with E-state index in [9.17, 15) is 4.79 Å². The van der Waals surface area contributed by atoms with Gasteiger partial charge in [0.1, 0.15) is 5.75 Å². The number of hydrogen-bond donors (Lipinski definition) is 0. The van der Waals surface area contributed by atoms with E-state index in [1.807, 2.05) is 30.3 Å². The molecule has 0 amide bonds. The quantitative estimate of drug-likeness (QED) is 0.685. The summed E-state index contributed by atoms with van der Waals surface area (Å²) in [6.45, 7) is 1.77. The van der Waals surface area contributed by atoms with Gasteiger partial charge in [0.2, 0.25) is 5.88 Å². The SMILES string of the molecule is Cc1nn(C)c(Oc2cnc3ccccc3c2)c1C=O. The highest BCUT2D eigenvalue weighted by atomic mass is 16.5. The zero-order chi connectivity index (χ0) is 14.1. The average molecular weight is 267 g/mol. The minimum absolute atomic E-state index is 0.426. The molecule has 0 aliphatic carbocycles. The molecule has 5 nitrogen and oxygen atoms in total. The molecule has 0 saturated heterocycles. The monoisotopic (exact) mass is 267 g/mol. The van der Waals surface area contributed by atoms with Crippen molar-refractivity contribution in [3.63, 3.8) is 0 Å². The molecule has 2 heterocycles. The molecule has 0 radical (unpaired) electrons. The van der Waals surface area contributed by atoms with Crippen LogP contribution in [0.25, 0.3) is 10.9 Å². The van der Waals surface area contributed by atoms with Gasteiger partial charge >= 0.3 is 0 Å². The molecular formula is C15H13N3O2. The third-order valence-corrected chi connectivity index (χ3v) is 3.11. The Balaban J connectivity index is 2.03. The first kappa shape index (κ1) is 12.3. The number of benzene rings is 1. The number of rotatable bonds is 3. The van der Waals surface area contributed by atoms with Gasteiger partial charge in [0.15, 0.2) is 6.29 Å². The van der Waals surface area contributed by atoms with Crippen LogP contribution in [-0.4, -0.2) is 21.1 Å². The second kappa shape index (κ2) is 4.77. The number of ether oxygens (including phenoxy) is 1. The molecule has 1 aromatic carbocycles. The normalized spacial score (nSPS) is 10.7. The second-order valence-electron chi connectivity index (χ2n) is 4.51. The summed E-state index contributed by atoms with van der Waals surface area (Å²) in [5.74, 6) is 1.00. The third-order valence-electron chi connectivity index (χ3n) is 3.11. The smallest absolute Gasteiger partial charge is 0.228 e. The number of aromatic nitrogens is 3. The van der Waals surface area contributed by atoms with Crippen molar-refractivity contribution in [1.82, 2.24) is 14.8 Å². The Kier molecular flexibility index (Phi) is 2.95. The molecule has 5 heteroatoms. The molecule has 0 bridgehead atoms. The number of aryl methyl sites for hydroxylation is 2. The summed E-state index contributed by atoms with van der Waals surface area (Å²) in [5, 5.41) is 5.16. The molecule has 0 spiro atoms. The van der Waals surface area contributed by atoms with Crippen molar-refractivity contribution in [3.8, 4) is 11.6 Å². The maximum atomic E-state index is 11.1. The predicted molar refractivity (Wildman–Crippen MR) is 75.1 cm³/mol. The Labute approximate surface area is 115 Å². The lowest BCUT2D eigenvalue weighted by Crippen LogP contribution is -1.97. The molecule has 0 aliphatic rings. The Morgan fingerprint density at radius 2 is 2.10 bits per heavy atom. The van der Waals surface area contributed by atoms with Crippen LogP contribution in [0.4, 0.5) is 0 Å². The number of carbonyl (C=O) groups excluding carboxylic acids is 1. The van der Waals surface area contributed by atoms with Crippen molar-refractivity contribution in [2.75, 3.05) is 0 Å². The zero-order valence-corrected chi connectivity index (χ0v) is 11.2. The summed E-state index contributed by atoms with van der Waals surface area (Å²) in [6, 6.07) is 9.66. The van der Waals surface area contributed by atoms with Gasteiger partial charge in [0.05, 0.1) is 23.0 Å². The van der Waals surface area contributed by atoms with Crippen molar-refractivity contribution in [3.05, 3.63) is 47.8 Å². The third kappa shape index (κ3) is 2.03. The van der Waals surface area contributed by atoms with E-state index in [4.69, 9.17) is 4.74 Å². The van der Waals surface area contributed by atoms with Gasteiger partial charge in [-0.05, 0) is 19.1 Å². The minimum atomic E-state index is 0.426. The van der Waals surface area contributed by atoms with Crippen molar-refractivity contribution < 1.29 is 9.53 Å². The summed E-state index contributed by atoms with van der Waals surface area (Å²) in [7, 11) is 1.74. The molecule has 20 heavy (non-hydrogen) atoms. The lowest BCUT2D eigenvalue weighted by Gasteiger charge is -2.07. The van der Waals surface area contributed by atoms with Crippen molar-refractivity contribution >= 4 is 17.2 Å². The first-order chi connectivity index (χ1) is 9.69. The lowest BCUT2D eigenvalue weighted by atomic mass is 10.2. The van der Waals surface area contributed by atoms with Crippen LogP contribution >= 0.6 is 0 Å². The largest absolute Gasteiger partial charge is 0.437 e. The highest BCUT2D eigenvalue weighted by molar-refractivity contribution is 5.81. The summed E-state index contributed by atoms with van der Waals surface area (Å²) in [5.41, 5.74) is 2.00. The van der Waals surface area contributed by atoms with E-state index >= 15 is 0 Å². The van der Waals surface area contributed by atoms with Crippen LogP contribution in [0.2, 0.25) is 0 Å². The highest BCUT2D eigenvalue weighted by Gasteiger charge is 2.15. The van der Waals surface area contributed by atoms with Crippen LogP contribution < -0.4 is 4.74 Å². The topological polar surface area (TPSA) is 57.0 Å². The van der Waals surface area contributed by atoms with Gasteiger partial charge < -0.3 is 4.74 Å².